The number of aromatic nitrogens is 2. The molecule has 1 aromatic rings. The monoisotopic (exact) mass is 225 g/mol. The molecule has 0 aromatic carbocycles. The molecule has 0 radical (unpaired) electrons. The van der Waals surface area contributed by atoms with Gasteiger partial charge in [0.15, 0.2) is 0 Å². The Kier molecular flexibility index (Phi) is 4.46. The zero-order valence-corrected chi connectivity index (χ0v) is 8.80. The molecule has 16 heavy (non-hydrogen) atoms. The van der Waals surface area contributed by atoms with Crippen molar-refractivity contribution in [1.29, 1.82) is 0 Å². The van der Waals surface area contributed by atoms with Gasteiger partial charge in [-0.2, -0.15) is 0 Å². The number of imidazole rings is 1. The SMILES string of the molecule is NC(=O)C[C@@H](N)C(=O)NCCn1ccnc1. The summed E-state index contributed by atoms with van der Waals surface area (Å²) in [5.41, 5.74) is 10.4. The molecule has 1 heterocycles. The first-order valence-electron chi connectivity index (χ1n) is 4.87. The van der Waals surface area contributed by atoms with Crippen LogP contribution in [0.15, 0.2) is 18.7 Å². The van der Waals surface area contributed by atoms with Crippen molar-refractivity contribution in [2.75, 3.05) is 6.54 Å². The van der Waals surface area contributed by atoms with Crippen LogP contribution in [-0.4, -0.2) is 34.0 Å². The number of rotatable bonds is 6. The third-order valence-electron chi connectivity index (χ3n) is 1.99. The number of nitrogens with one attached hydrogen (secondary N) is 1. The molecular formula is C9H15N5O2. The predicted molar refractivity (Wildman–Crippen MR) is 57.0 cm³/mol. The second-order valence-electron chi connectivity index (χ2n) is 3.37. The molecule has 7 heteroatoms. The smallest absolute Gasteiger partial charge is 0.237 e. The minimum Gasteiger partial charge on any atom is -0.370 e. The maximum Gasteiger partial charge on any atom is 0.237 e. The minimum absolute atomic E-state index is 0.142. The van der Waals surface area contributed by atoms with Crippen molar-refractivity contribution in [3.8, 4) is 0 Å². The lowest BCUT2D eigenvalue weighted by Gasteiger charge is -2.10. The first-order valence-corrected chi connectivity index (χ1v) is 4.87. The molecule has 0 fully saturated rings. The standard InChI is InChI=1S/C9H15N5O2/c10-7(5-8(11)15)9(16)13-2-4-14-3-1-12-6-14/h1,3,6-7H,2,4-5,10H2,(H2,11,15)(H,13,16)/t7-/m1/s1. The van der Waals surface area contributed by atoms with Gasteiger partial charge in [0.25, 0.3) is 0 Å². The minimum atomic E-state index is -0.875. The Morgan fingerprint density at radius 3 is 2.81 bits per heavy atom. The highest BCUT2D eigenvalue weighted by Crippen LogP contribution is 1.88. The summed E-state index contributed by atoms with van der Waals surface area (Å²) in [5.74, 6) is -0.962. The zero-order valence-electron chi connectivity index (χ0n) is 8.80. The van der Waals surface area contributed by atoms with E-state index in [1.54, 1.807) is 18.7 Å². The highest BCUT2D eigenvalue weighted by atomic mass is 16.2. The lowest BCUT2D eigenvalue weighted by atomic mass is 10.2. The van der Waals surface area contributed by atoms with E-state index in [1.807, 2.05) is 4.57 Å². The number of carbonyl (C=O) groups excluding carboxylic acids is 2. The number of nitrogens with two attached hydrogens (primary N) is 2. The van der Waals surface area contributed by atoms with E-state index in [2.05, 4.69) is 10.3 Å². The van der Waals surface area contributed by atoms with E-state index in [1.165, 1.54) is 0 Å². The van der Waals surface area contributed by atoms with Gasteiger partial charge in [-0.05, 0) is 0 Å². The molecule has 0 spiro atoms. The summed E-state index contributed by atoms with van der Waals surface area (Å²) in [6.45, 7) is 1.04. The van der Waals surface area contributed by atoms with Crippen LogP contribution >= 0.6 is 0 Å². The Hall–Kier alpha value is -1.89. The molecule has 5 N–H and O–H groups in total. The molecule has 2 amide bonds. The van der Waals surface area contributed by atoms with E-state index in [0.29, 0.717) is 13.1 Å². The van der Waals surface area contributed by atoms with Crippen LogP contribution < -0.4 is 16.8 Å². The fraction of sp³-hybridized carbons (Fsp3) is 0.444. The molecule has 0 saturated heterocycles. The molecule has 1 aromatic heterocycles. The van der Waals surface area contributed by atoms with Crippen molar-refractivity contribution in [2.45, 2.75) is 19.0 Å². The number of nitrogens with zero attached hydrogens (tertiary/aromatic N) is 2. The van der Waals surface area contributed by atoms with Gasteiger partial charge in [-0.3, -0.25) is 9.59 Å². The first-order chi connectivity index (χ1) is 7.59. The van der Waals surface area contributed by atoms with Crippen LogP contribution in [0.3, 0.4) is 0 Å². The van der Waals surface area contributed by atoms with Crippen LogP contribution in [0.4, 0.5) is 0 Å². The Labute approximate surface area is 92.8 Å². The Morgan fingerprint density at radius 2 is 2.25 bits per heavy atom. The molecule has 7 nitrogen and oxygen atoms in total. The average molecular weight is 225 g/mol. The molecular weight excluding hydrogens is 210 g/mol. The average Bonchev–Trinajstić information content (AvgIpc) is 2.69. The maximum atomic E-state index is 11.3. The van der Waals surface area contributed by atoms with Crippen molar-refractivity contribution in [1.82, 2.24) is 14.9 Å². The number of hydrogen-bond donors (Lipinski definition) is 3. The van der Waals surface area contributed by atoms with Gasteiger partial charge >= 0.3 is 0 Å². The third-order valence-corrected chi connectivity index (χ3v) is 1.99. The first kappa shape index (κ1) is 12.2. The number of carbonyl (C=O) groups is 2. The van der Waals surface area contributed by atoms with Gasteiger partial charge in [-0.15, -0.1) is 0 Å². The largest absolute Gasteiger partial charge is 0.370 e. The number of amides is 2. The Morgan fingerprint density at radius 1 is 1.50 bits per heavy atom. The number of hydrogen-bond acceptors (Lipinski definition) is 4. The van der Waals surface area contributed by atoms with Gasteiger partial charge in [-0.25, -0.2) is 4.98 Å². The van der Waals surface area contributed by atoms with E-state index in [9.17, 15) is 9.59 Å². The highest BCUT2D eigenvalue weighted by molar-refractivity contribution is 5.87. The van der Waals surface area contributed by atoms with Crippen LogP contribution in [0.25, 0.3) is 0 Å². The summed E-state index contributed by atoms with van der Waals surface area (Å²) in [4.78, 5) is 25.7. The summed E-state index contributed by atoms with van der Waals surface area (Å²) in [6, 6.07) is -0.875. The molecule has 0 aliphatic rings. The van der Waals surface area contributed by atoms with Gasteiger partial charge in [-0.1, -0.05) is 0 Å². The van der Waals surface area contributed by atoms with Crippen LogP contribution in [0.1, 0.15) is 6.42 Å². The van der Waals surface area contributed by atoms with Crippen molar-refractivity contribution in [2.24, 2.45) is 11.5 Å². The van der Waals surface area contributed by atoms with E-state index in [4.69, 9.17) is 11.5 Å². The fourth-order valence-electron chi connectivity index (χ4n) is 1.17. The summed E-state index contributed by atoms with van der Waals surface area (Å²) >= 11 is 0. The van der Waals surface area contributed by atoms with E-state index < -0.39 is 11.9 Å². The van der Waals surface area contributed by atoms with Crippen LogP contribution in [0, 0.1) is 0 Å². The van der Waals surface area contributed by atoms with Gasteiger partial charge in [0.05, 0.1) is 18.8 Å². The van der Waals surface area contributed by atoms with Crippen molar-refractivity contribution < 1.29 is 9.59 Å². The Bertz CT molecular complexity index is 349. The summed E-state index contributed by atoms with van der Waals surface area (Å²) in [7, 11) is 0. The fourth-order valence-corrected chi connectivity index (χ4v) is 1.17. The number of primary amides is 1. The second kappa shape index (κ2) is 5.86. The van der Waals surface area contributed by atoms with Gasteiger partial charge in [0.1, 0.15) is 0 Å². The summed E-state index contributed by atoms with van der Waals surface area (Å²) in [5, 5.41) is 2.61. The van der Waals surface area contributed by atoms with E-state index in [-0.39, 0.29) is 12.3 Å². The highest BCUT2D eigenvalue weighted by Gasteiger charge is 2.14. The lowest BCUT2D eigenvalue weighted by Crippen LogP contribution is -2.43. The van der Waals surface area contributed by atoms with Crippen LogP contribution in [0.5, 0.6) is 0 Å². The normalized spacial score (nSPS) is 12.1. The van der Waals surface area contributed by atoms with Gasteiger partial charge < -0.3 is 21.4 Å². The van der Waals surface area contributed by atoms with Crippen molar-refractivity contribution in [3.05, 3.63) is 18.7 Å². The molecule has 1 rings (SSSR count). The van der Waals surface area contributed by atoms with Gasteiger partial charge in [0.2, 0.25) is 11.8 Å². The molecule has 0 aliphatic heterocycles. The van der Waals surface area contributed by atoms with Crippen LogP contribution in [-0.2, 0) is 16.1 Å². The Balaban J connectivity index is 2.22. The van der Waals surface area contributed by atoms with E-state index >= 15 is 0 Å². The van der Waals surface area contributed by atoms with Crippen molar-refractivity contribution >= 4 is 11.8 Å². The molecule has 88 valence electrons. The molecule has 0 aliphatic carbocycles. The molecule has 0 saturated carbocycles. The second-order valence-corrected chi connectivity index (χ2v) is 3.37. The topological polar surface area (TPSA) is 116 Å². The lowest BCUT2D eigenvalue weighted by molar-refractivity contribution is -0.126. The molecule has 0 bridgehead atoms. The third kappa shape index (κ3) is 4.09. The quantitative estimate of drug-likeness (QED) is 0.529. The molecule has 1 atom stereocenters. The molecule has 0 unspecified atom stereocenters. The summed E-state index contributed by atoms with van der Waals surface area (Å²) in [6.07, 6.45) is 4.95. The van der Waals surface area contributed by atoms with E-state index in [0.717, 1.165) is 0 Å². The van der Waals surface area contributed by atoms with Crippen molar-refractivity contribution in [3.63, 3.8) is 0 Å². The van der Waals surface area contributed by atoms with Gasteiger partial charge in [0, 0.05) is 25.5 Å². The maximum absolute atomic E-state index is 11.3. The summed E-state index contributed by atoms with van der Waals surface area (Å²) < 4.78 is 1.82. The zero-order chi connectivity index (χ0) is 12.0. The van der Waals surface area contributed by atoms with Crippen LogP contribution in [0.2, 0.25) is 0 Å². The predicted octanol–water partition coefficient (Wildman–Crippen LogP) is -1.80.